The summed E-state index contributed by atoms with van der Waals surface area (Å²) in [5, 5.41) is 7.71. The third-order valence-electron chi connectivity index (χ3n) is 8.24. The van der Waals surface area contributed by atoms with Gasteiger partial charge >= 0.3 is 0 Å². The van der Waals surface area contributed by atoms with Crippen molar-refractivity contribution < 1.29 is 0 Å². The number of aryl methyl sites for hydroxylation is 1. The first kappa shape index (κ1) is 22.8. The van der Waals surface area contributed by atoms with Gasteiger partial charge in [0, 0.05) is 16.5 Å². The van der Waals surface area contributed by atoms with Crippen LogP contribution in [0, 0.1) is 6.92 Å². The van der Waals surface area contributed by atoms with Crippen LogP contribution in [0.15, 0.2) is 146 Å². The lowest BCUT2D eigenvalue weighted by Gasteiger charge is -2.18. The number of fused-ring (bicyclic) bond motifs is 5. The van der Waals surface area contributed by atoms with E-state index in [1.807, 2.05) is 0 Å². The van der Waals surface area contributed by atoms with Crippen LogP contribution in [-0.4, -0.2) is 4.57 Å². The lowest BCUT2D eigenvalue weighted by atomic mass is 9.85. The van der Waals surface area contributed by atoms with E-state index in [0.29, 0.717) is 0 Å². The molecule has 7 aromatic carbocycles. The Balaban J connectivity index is 1.39. The average molecular weight is 510 g/mol. The Morgan fingerprint density at radius 3 is 1.48 bits per heavy atom. The molecule has 0 atom stereocenters. The Morgan fingerprint density at radius 2 is 0.850 bits per heavy atom. The number of hydrogen-bond donors (Lipinski definition) is 0. The fraction of sp³-hybridized carbons (Fsp3) is 0.0256. The van der Waals surface area contributed by atoms with E-state index in [0.717, 1.165) is 0 Å². The fourth-order valence-corrected chi connectivity index (χ4v) is 6.50. The molecule has 0 saturated heterocycles. The second-order valence-electron chi connectivity index (χ2n) is 10.6. The molecule has 8 aromatic rings. The summed E-state index contributed by atoms with van der Waals surface area (Å²) in [6, 6.07) is 53.1. The van der Waals surface area contributed by atoms with Crippen LogP contribution in [0.4, 0.5) is 0 Å². The standard InChI is InChI=1S/C39H27N/c1-26-19-24-34-35(25-26)39(33-16-6-5-15-32(33)38(34)27-11-3-2-4-12-27)28-20-22-29(23-21-28)40-36-17-9-7-13-30(36)31-14-8-10-18-37(31)40/h2-25H,1H3. The predicted octanol–water partition coefficient (Wildman–Crippen LogP) is 10.7. The van der Waals surface area contributed by atoms with Gasteiger partial charge < -0.3 is 4.57 Å². The number of benzene rings is 7. The molecule has 1 nitrogen and oxygen atoms in total. The molecule has 188 valence electrons. The van der Waals surface area contributed by atoms with Gasteiger partial charge in [-0.15, -0.1) is 0 Å². The van der Waals surface area contributed by atoms with Gasteiger partial charge in [0.15, 0.2) is 0 Å². The molecule has 0 bridgehead atoms. The van der Waals surface area contributed by atoms with Crippen molar-refractivity contribution in [1.82, 2.24) is 4.57 Å². The number of aromatic nitrogens is 1. The first-order valence-electron chi connectivity index (χ1n) is 13.9. The number of nitrogens with zero attached hydrogens (tertiary/aromatic N) is 1. The van der Waals surface area contributed by atoms with Crippen molar-refractivity contribution >= 4 is 43.4 Å². The van der Waals surface area contributed by atoms with Crippen molar-refractivity contribution in [1.29, 1.82) is 0 Å². The maximum absolute atomic E-state index is 2.38. The highest BCUT2D eigenvalue weighted by Crippen LogP contribution is 2.44. The van der Waals surface area contributed by atoms with E-state index < -0.39 is 0 Å². The Morgan fingerprint density at radius 1 is 0.375 bits per heavy atom. The Labute approximate surface area is 233 Å². The van der Waals surface area contributed by atoms with E-state index in [1.165, 1.54) is 76.9 Å². The molecule has 0 amide bonds. The molecule has 0 spiro atoms. The summed E-state index contributed by atoms with van der Waals surface area (Å²) in [5.74, 6) is 0. The van der Waals surface area contributed by atoms with Gasteiger partial charge in [-0.05, 0) is 75.0 Å². The van der Waals surface area contributed by atoms with Crippen molar-refractivity contribution in [3.63, 3.8) is 0 Å². The van der Waals surface area contributed by atoms with E-state index in [1.54, 1.807) is 0 Å². The van der Waals surface area contributed by atoms with Crippen molar-refractivity contribution in [2.75, 3.05) is 0 Å². The molecule has 1 aromatic heterocycles. The van der Waals surface area contributed by atoms with Crippen LogP contribution in [-0.2, 0) is 0 Å². The van der Waals surface area contributed by atoms with Gasteiger partial charge in [-0.25, -0.2) is 0 Å². The SMILES string of the molecule is Cc1ccc2c(-c3ccccc3)c3ccccc3c(-c3ccc(-n4c5ccccc5c5ccccc54)cc3)c2c1. The van der Waals surface area contributed by atoms with E-state index in [4.69, 9.17) is 0 Å². The van der Waals surface area contributed by atoms with Crippen LogP contribution in [0.2, 0.25) is 0 Å². The second kappa shape index (κ2) is 8.97. The van der Waals surface area contributed by atoms with E-state index in [9.17, 15) is 0 Å². The number of hydrogen-bond acceptors (Lipinski definition) is 0. The van der Waals surface area contributed by atoms with E-state index in [2.05, 4.69) is 157 Å². The molecular formula is C39H27N. The van der Waals surface area contributed by atoms with E-state index >= 15 is 0 Å². The quantitative estimate of drug-likeness (QED) is 0.209. The minimum atomic E-state index is 1.17. The maximum atomic E-state index is 2.38. The summed E-state index contributed by atoms with van der Waals surface area (Å²) in [6.07, 6.45) is 0. The van der Waals surface area contributed by atoms with Crippen LogP contribution in [0.5, 0.6) is 0 Å². The van der Waals surface area contributed by atoms with Crippen LogP contribution in [0.1, 0.15) is 5.56 Å². The fourth-order valence-electron chi connectivity index (χ4n) is 6.50. The zero-order valence-electron chi connectivity index (χ0n) is 22.3. The lowest BCUT2D eigenvalue weighted by Crippen LogP contribution is -1.94. The molecule has 0 aliphatic carbocycles. The molecule has 0 fully saturated rings. The van der Waals surface area contributed by atoms with Gasteiger partial charge in [-0.2, -0.15) is 0 Å². The van der Waals surface area contributed by atoms with Crippen molar-refractivity contribution in [2.45, 2.75) is 6.92 Å². The van der Waals surface area contributed by atoms with Crippen LogP contribution in [0.3, 0.4) is 0 Å². The molecule has 8 rings (SSSR count). The monoisotopic (exact) mass is 509 g/mol. The maximum Gasteiger partial charge on any atom is 0.0541 e. The third kappa shape index (κ3) is 3.41. The molecule has 1 heteroatoms. The predicted molar refractivity (Wildman–Crippen MR) is 171 cm³/mol. The average Bonchev–Trinajstić information content (AvgIpc) is 3.35. The van der Waals surface area contributed by atoms with Gasteiger partial charge in [-0.3, -0.25) is 0 Å². The zero-order valence-corrected chi connectivity index (χ0v) is 22.3. The molecule has 0 aliphatic heterocycles. The van der Waals surface area contributed by atoms with Crippen LogP contribution in [0.25, 0.3) is 71.3 Å². The lowest BCUT2D eigenvalue weighted by molar-refractivity contribution is 1.18. The number of para-hydroxylation sites is 2. The molecule has 40 heavy (non-hydrogen) atoms. The minimum absolute atomic E-state index is 1.17. The Hall–Kier alpha value is -5.14. The summed E-state index contributed by atoms with van der Waals surface area (Å²) >= 11 is 0. The summed E-state index contributed by atoms with van der Waals surface area (Å²) in [6.45, 7) is 2.19. The Bertz CT molecular complexity index is 2150. The van der Waals surface area contributed by atoms with Crippen molar-refractivity contribution in [3.05, 3.63) is 151 Å². The molecular weight excluding hydrogens is 482 g/mol. The molecule has 0 aliphatic rings. The van der Waals surface area contributed by atoms with Gasteiger partial charge in [0.2, 0.25) is 0 Å². The second-order valence-corrected chi connectivity index (χ2v) is 10.6. The van der Waals surface area contributed by atoms with Gasteiger partial charge in [-0.1, -0.05) is 127 Å². The van der Waals surface area contributed by atoms with Crippen molar-refractivity contribution in [3.8, 4) is 27.9 Å². The summed E-state index contributed by atoms with van der Waals surface area (Å²) in [7, 11) is 0. The van der Waals surface area contributed by atoms with Crippen LogP contribution >= 0.6 is 0 Å². The third-order valence-corrected chi connectivity index (χ3v) is 8.24. The van der Waals surface area contributed by atoms with Crippen LogP contribution < -0.4 is 0 Å². The van der Waals surface area contributed by atoms with E-state index in [-0.39, 0.29) is 0 Å². The Kier molecular flexibility index (Phi) is 5.11. The van der Waals surface area contributed by atoms with Gasteiger partial charge in [0.05, 0.1) is 11.0 Å². The topological polar surface area (TPSA) is 4.93 Å². The first-order chi connectivity index (χ1) is 19.8. The van der Waals surface area contributed by atoms with Crippen molar-refractivity contribution in [2.24, 2.45) is 0 Å². The molecule has 0 unspecified atom stereocenters. The normalized spacial score (nSPS) is 11.6. The highest BCUT2D eigenvalue weighted by molar-refractivity contribution is 6.21. The molecule has 0 saturated carbocycles. The summed E-state index contributed by atoms with van der Waals surface area (Å²) in [5.41, 5.74) is 9.98. The highest BCUT2D eigenvalue weighted by Gasteiger charge is 2.17. The molecule has 0 radical (unpaired) electrons. The highest BCUT2D eigenvalue weighted by atomic mass is 15.0. The largest absolute Gasteiger partial charge is 0.309 e. The zero-order chi connectivity index (χ0) is 26.6. The first-order valence-corrected chi connectivity index (χ1v) is 13.9. The molecule has 0 N–H and O–H groups in total. The molecule has 1 heterocycles. The summed E-state index contributed by atoms with van der Waals surface area (Å²) < 4.78 is 2.38. The smallest absolute Gasteiger partial charge is 0.0541 e. The van der Waals surface area contributed by atoms with Gasteiger partial charge in [0.25, 0.3) is 0 Å². The minimum Gasteiger partial charge on any atom is -0.309 e. The van der Waals surface area contributed by atoms with Gasteiger partial charge in [0.1, 0.15) is 0 Å². The number of rotatable bonds is 3. The summed E-state index contributed by atoms with van der Waals surface area (Å²) in [4.78, 5) is 0.